The molecule has 0 saturated carbocycles. The number of hydrogen-bond donors (Lipinski definition) is 0. The third-order valence-electron chi connectivity index (χ3n) is 5.17. The van der Waals surface area contributed by atoms with Gasteiger partial charge in [0.2, 0.25) is 6.10 Å². The SMILES string of the molecule is COC(=O)c1ccc([C@@H]2[C@@H](Oc3ccc(Cl)cc3)C(=O)N2Cc2ccc(F)cc2)cc1. The van der Waals surface area contributed by atoms with Crippen LogP contribution >= 0.6 is 11.6 Å². The fourth-order valence-corrected chi connectivity index (χ4v) is 3.67. The number of amides is 1. The summed E-state index contributed by atoms with van der Waals surface area (Å²) in [5.74, 6) is -0.423. The van der Waals surface area contributed by atoms with Crippen LogP contribution in [0.1, 0.15) is 27.5 Å². The Hall–Kier alpha value is -3.38. The minimum atomic E-state index is -0.731. The molecule has 0 aromatic heterocycles. The Morgan fingerprint density at radius 1 is 1.00 bits per heavy atom. The summed E-state index contributed by atoms with van der Waals surface area (Å²) in [6.45, 7) is 0.309. The number of ether oxygens (including phenoxy) is 2. The van der Waals surface area contributed by atoms with Crippen LogP contribution in [-0.2, 0) is 16.1 Å². The molecule has 0 spiro atoms. The van der Waals surface area contributed by atoms with Gasteiger partial charge in [0.25, 0.3) is 5.91 Å². The third kappa shape index (κ3) is 4.39. The Bertz CT molecular complexity index is 1030. The van der Waals surface area contributed by atoms with E-state index in [2.05, 4.69) is 0 Å². The maximum absolute atomic E-state index is 13.3. The van der Waals surface area contributed by atoms with Crippen LogP contribution in [0.3, 0.4) is 0 Å². The van der Waals surface area contributed by atoms with Gasteiger partial charge < -0.3 is 14.4 Å². The molecule has 1 fully saturated rings. The average molecular weight is 440 g/mol. The van der Waals surface area contributed by atoms with E-state index in [-0.39, 0.29) is 17.8 Å². The predicted octanol–water partition coefficient (Wildman–Crippen LogP) is 4.80. The molecule has 3 aromatic rings. The fourth-order valence-electron chi connectivity index (χ4n) is 3.54. The molecule has 158 valence electrons. The molecule has 31 heavy (non-hydrogen) atoms. The van der Waals surface area contributed by atoms with Crippen molar-refractivity contribution in [2.24, 2.45) is 0 Å². The van der Waals surface area contributed by atoms with E-state index in [1.54, 1.807) is 65.6 Å². The zero-order valence-electron chi connectivity index (χ0n) is 16.6. The van der Waals surface area contributed by atoms with E-state index in [1.807, 2.05) is 0 Å². The van der Waals surface area contributed by atoms with Crippen molar-refractivity contribution in [1.29, 1.82) is 0 Å². The van der Waals surface area contributed by atoms with Gasteiger partial charge in [-0.05, 0) is 59.7 Å². The molecular formula is C24H19ClFNO4. The fraction of sp³-hybridized carbons (Fsp3) is 0.167. The van der Waals surface area contributed by atoms with Crippen LogP contribution in [0.5, 0.6) is 5.75 Å². The van der Waals surface area contributed by atoms with Crippen LogP contribution in [-0.4, -0.2) is 30.0 Å². The van der Waals surface area contributed by atoms with E-state index >= 15 is 0 Å². The van der Waals surface area contributed by atoms with Crippen molar-refractivity contribution in [2.45, 2.75) is 18.7 Å². The molecule has 0 unspecified atom stereocenters. The summed E-state index contributed by atoms with van der Waals surface area (Å²) in [4.78, 5) is 26.3. The largest absolute Gasteiger partial charge is 0.478 e. The molecule has 4 rings (SSSR count). The number of β-lactam (4-membered cyclic amide) rings is 1. The molecule has 7 heteroatoms. The van der Waals surface area contributed by atoms with E-state index in [9.17, 15) is 14.0 Å². The number of esters is 1. The molecule has 3 aromatic carbocycles. The molecule has 0 aliphatic carbocycles. The van der Waals surface area contributed by atoms with Gasteiger partial charge in [-0.2, -0.15) is 0 Å². The number of benzene rings is 3. The normalized spacial score (nSPS) is 17.8. The van der Waals surface area contributed by atoms with E-state index < -0.39 is 12.1 Å². The van der Waals surface area contributed by atoms with Gasteiger partial charge in [-0.3, -0.25) is 4.79 Å². The highest BCUT2D eigenvalue weighted by atomic mass is 35.5. The van der Waals surface area contributed by atoms with Crippen LogP contribution in [0.25, 0.3) is 0 Å². The van der Waals surface area contributed by atoms with Crippen molar-refractivity contribution in [3.63, 3.8) is 0 Å². The molecule has 1 aliphatic heterocycles. The van der Waals surface area contributed by atoms with Gasteiger partial charge in [0.05, 0.1) is 12.7 Å². The van der Waals surface area contributed by atoms with Gasteiger partial charge in [-0.15, -0.1) is 0 Å². The number of nitrogens with zero attached hydrogens (tertiary/aromatic N) is 1. The van der Waals surface area contributed by atoms with E-state index in [1.165, 1.54) is 19.2 Å². The maximum atomic E-state index is 13.3. The molecule has 0 N–H and O–H groups in total. The zero-order chi connectivity index (χ0) is 22.0. The number of methoxy groups -OCH3 is 1. The molecule has 0 bridgehead atoms. The standard InChI is InChI=1S/C24H19ClFNO4/c1-30-24(29)17-6-4-16(5-7-17)21-22(31-20-12-8-18(25)9-13-20)23(28)27(21)14-15-2-10-19(26)11-3-15/h2-13,21-22H,14H2,1H3/t21-,22-/m1/s1. The van der Waals surface area contributed by atoms with Crippen molar-refractivity contribution < 1.29 is 23.5 Å². The van der Waals surface area contributed by atoms with Crippen LogP contribution in [0, 0.1) is 5.82 Å². The maximum Gasteiger partial charge on any atom is 0.337 e. The summed E-state index contributed by atoms with van der Waals surface area (Å²) in [5.41, 5.74) is 2.03. The Morgan fingerprint density at radius 2 is 1.65 bits per heavy atom. The Balaban J connectivity index is 1.61. The number of halogens is 2. The first-order valence-corrected chi connectivity index (χ1v) is 9.99. The molecule has 0 radical (unpaired) electrons. The summed E-state index contributed by atoms with van der Waals surface area (Å²) < 4.78 is 24.0. The molecule has 1 saturated heterocycles. The first kappa shape index (κ1) is 20.9. The molecule has 1 amide bonds. The summed E-state index contributed by atoms with van der Waals surface area (Å²) in [5, 5.41) is 0.570. The lowest BCUT2D eigenvalue weighted by Crippen LogP contribution is -2.60. The summed E-state index contributed by atoms with van der Waals surface area (Å²) in [6, 6.07) is 19.3. The first-order valence-electron chi connectivity index (χ1n) is 9.61. The number of hydrogen-bond acceptors (Lipinski definition) is 4. The van der Waals surface area contributed by atoms with Crippen molar-refractivity contribution in [3.05, 3.63) is 100 Å². The third-order valence-corrected chi connectivity index (χ3v) is 5.42. The summed E-state index contributed by atoms with van der Waals surface area (Å²) in [7, 11) is 1.32. The van der Waals surface area contributed by atoms with Crippen LogP contribution in [0.2, 0.25) is 5.02 Å². The monoisotopic (exact) mass is 439 g/mol. The summed E-state index contributed by atoms with van der Waals surface area (Å²) in [6.07, 6.45) is -0.731. The minimum Gasteiger partial charge on any atom is -0.478 e. The van der Waals surface area contributed by atoms with Gasteiger partial charge in [0.1, 0.15) is 17.6 Å². The summed E-state index contributed by atoms with van der Waals surface area (Å²) >= 11 is 5.93. The highest BCUT2D eigenvalue weighted by Crippen LogP contribution is 2.39. The van der Waals surface area contributed by atoms with E-state index in [0.29, 0.717) is 22.9 Å². The van der Waals surface area contributed by atoms with Crippen LogP contribution < -0.4 is 4.74 Å². The topological polar surface area (TPSA) is 55.8 Å². The highest BCUT2D eigenvalue weighted by molar-refractivity contribution is 6.30. The number of rotatable bonds is 6. The predicted molar refractivity (Wildman–Crippen MR) is 113 cm³/mol. The van der Waals surface area contributed by atoms with E-state index in [0.717, 1.165) is 11.1 Å². The van der Waals surface area contributed by atoms with Crippen LogP contribution in [0.15, 0.2) is 72.8 Å². The van der Waals surface area contributed by atoms with Crippen molar-refractivity contribution >= 4 is 23.5 Å². The molecule has 1 heterocycles. The second-order valence-electron chi connectivity index (χ2n) is 7.14. The second kappa shape index (κ2) is 8.78. The van der Waals surface area contributed by atoms with Gasteiger partial charge in [0.15, 0.2) is 0 Å². The number of likely N-dealkylation sites (tertiary alicyclic amines) is 1. The number of carbonyl (C=O) groups is 2. The lowest BCUT2D eigenvalue weighted by Gasteiger charge is -2.47. The molecule has 2 atom stereocenters. The van der Waals surface area contributed by atoms with Crippen molar-refractivity contribution in [2.75, 3.05) is 7.11 Å². The van der Waals surface area contributed by atoms with Crippen LogP contribution in [0.4, 0.5) is 4.39 Å². The highest BCUT2D eigenvalue weighted by Gasteiger charge is 2.50. The minimum absolute atomic E-state index is 0.179. The molecule has 1 aliphatic rings. The van der Waals surface area contributed by atoms with Gasteiger partial charge in [-0.25, -0.2) is 9.18 Å². The Labute approximate surface area is 184 Å². The molecular weight excluding hydrogens is 421 g/mol. The quantitative estimate of drug-likeness (QED) is 0.409. The lowest BCUT2D eigenvalue weighted by molar-refractivity contribution is -0.165. The first-order chi connectivity index (χ1) is 15.0. The van der Waals surface area contributed by atoms with Gasteiger partial charge in [-0.1, -0.05) is 35.9 Å². The lowest BCUT2D eigenvalue weighted by atomic mass is 9.89. The zero-order valence-corrected chi connectivity index (χ0v) is 17.4. The van der Waals surface area contributed by atoms with Crippen molar-refractivity contribution in [1.82, 2.24) is 4.90 Å². The Kier molecular flexibility index (Phi) is 5.91. The molecule has 5 nitrogen and oxygen atoms in total. The van der Waals surface area contributed by atoms with Gasteiger partial charge in [0, 0.05) is 11.6 Å². The van der Waals surface area contributed by atoms with Gasteiger partial charge >= 0.3 is 5.97 Å². The smallest absolute Gasteiger partial charge is 0.337 e. The Morgan fingerprint density at radius 3 is 2.26 bits per heavy atom. The number of carbonyl (C=O) groups excluding carboxylic acids is 2. The average Bonchev–Trinajstić information content (AvgIpc) is 2.80. The van der Waals surface area contributed by atoms with E-state index in [4.69, 9.17) is 21.1 Å². The second-order valence-corrected chi connectivity index (χ2v) is 7.58. The van der Waals surface area contributed by atoms with Crippen molar-refractivity contribution in [3.8, 4) is 5.75 Å².